The highest BCUT2D eigenvalue weighted by Crippen LogP contribution is 2.29. The fraction of sp³-hybridized carbons (Fsp3) is 0.429. The highest BCUT2D eigenvalue weighted by Gasteiger charge is 2.30. The Labute approximate surface area is 218 Å². The molecule has 0 amide bonds. The van der Waals surface area contributed by atoms with Crippen molar-refractivity contribution < 1.29 is 13.2 Å². The summed E-state index contributed by atoms with van der Waals surface area (Å²) in [5.41, 5.74) is 0.999. The molecule has 0 radical (unpaired) electrons. The van der Waals surface area contributed by atoms with Crippen LogP contribution in [0.1, 0.15) is 38.5 Å². The van der Waals surface area contributed by atoms with Crippen molar-refractivity contribution in [3.8, 4) is 11.4 Å². The third-order valence-corrected chi connectivity index (χ3v) is 9.29. The molecule has 2 aliphatic rings. The van der Waals surface area contributed by atoms with Crippen molar-refractivity contribution in [1.82, 2.24) is 14.1 Å². The molecule has 0 spiro atoms. The number of para-hydroxylation sites is 1. The molecule has 0 atom stereocenters. The number of nitrogens with zero attached hydrogens (tertiary/aromatic N) is 4. The zero-order valence-electron chi connectivity index (χ0n) is 21.0. The van der Waals surface area contributed by atoms with E-state index in [0.717, 1.165) is 6.42 Å². The van der Waals surface area contributed by atoms with Gasteiger partial charge in [0, 0.05) is 26.2 Å². The first-order chi connectivity index (χ1) is 18.0. The van der Waals surface area contributed by atoms with Gasteiger partial charge in [0.15, 0.2) is 0 Å². The lowest BCUT2D eigenvalue weighted by molar-refractivity contribution is 0.243. The number of hydrogen-bond acceptors (Lipinski definition) is 6. The zero-order chi connectivity index (χ0) is 25.7. The normalized spacial score (nSPS) is 17.6. The lowest BCUT2D eigenvalue weighted by Crippen LogP contribution is -2.49. The van der Waals surface area contributed by atoms with Gasteiger partial charge in [0.05, 0.1) is 23.4 Å². The van der Waals surface area contributed by atoms with Crippen LogP contribution in [0.4, 0.5) is 5.69 Å². The summed E-state index contributed by atoms with van der Waals surface area (Å²) in [6, 6.07) is 17.8. The Bertz CT molecular complexity index is 1330. The molecule has 9 heteroatoms. The highest BCUT2D eigenvalue weighted by atomic mass is 32.2. The van der Waals surface area contributed by atoms with Gasteiger partial charge in [0.1, 0.15) is 5.69 Å². The van der Waals surface area contributed by atoms with Crippen molar-refractivity contribution in [1.29, 1.82) is 0 Å². The van der Waals surface area contributed by atoms with E-state index in [-0.39, 0.29) is 11.3 Å². The summed E-state index contributed by atoms with van der Waals surface area (Å²) in [5, 5.41) is 4.45. The summed E-state index contributed by atoms with van der Waals surface area (Å²) >= 11 is 0. The average Bonchev–Trinajstić information content (AvgIpc) is 2.95. The lowest BCUT2D eigenvalue weighted by atomic mass is 9.87. The monoisotopic (exact) mass is 522 g/mol. The van der Waals surface area contributed by atoms with Crippen molar-refractivity contribution in [3.63, 3.8) is 0 Å². The van der Waals surface area contributed by atoms with Crippen molar-refractivity contribution in [2.24, 2.45) is 5.92 Å². The number of ether oxygens (including phenoxy) is 1. The SMILES string of the molecule is O=c1c(OCCC2CCCCC2)c(N2CCN(S(=O)(=O)c3ccccc3)CC2)cnn1-c1ccccc1. The van der Waals surface area contributed by atoms with E-state index in [0.29, 0.717) is 55.0 Å². The van der Waals surface area contributed by atoms with Gasteiger partial charge in [-0.2, -0.15) is 14.1 Å². The van der Waals surface area contributed by atoms with Gasteiger partial charge in [0.2, 0.25) is 15.8 Å². The first-order valence-electron chi connectivity index (χ1n) is 13.1. The van der Waals surface area contributed by atoms with Crippen LogP contribution in [0.2, 0.25) is 0 Å². The minimum Gasteiger partial charge on any atom is -0.486 e. The van der Waals surface area contributed by atoms with Crippen molar-refractivity contribution >= 4 is 15.7 Å². The van der Waals surface area contributed by atoms with Crippen LogP contribution in [0.5, 0.6) is 5.75 Å². The van der Waals surface area contributed by atoms with E-state index in [1.165, 1.54) is 41.1 Å². The van der Waals surface area contributed by atoms with E-state index in [9.17, 15) is 13.2 Å². The zero-order valence-corrected chi connectivity index (χ0v) is 21.9. The molecule has 1 aromatic heterocycles. The van der Waals surface area contributed by atoms with E-state index < -0.39 is 10.0 Å². The van der Waals surface area contributed by atoms with Crippen molar-refractivity contribution in [3.05, 3.63) is 77.2 Å². The highest BCUT2D eigenvalue weighted by molar-refractivity contribution is 7.89. The smallest absolute Gasteiger partial charge is 0.316 e. The number of rotatable bonds is 8. The molecule has 1 saturated heterocycles. The van der Waals surface area contributed by atoms with Crippen LogP contribution >= 0.6 is 0 Å². The largest absolute Gasteiger partial charge is 0.486 e. The minimum atomic E-state index is -3.56. The number of benzene rings is 2. The van der Waals surface area contributed by atoms with Gasteiger partial charge in [-0.05, 0) is 36.6 Å². The number of aromatic nitrogens is 2. The number of anilines is 1. The Morgan fingerprint density at radius 2 is 1.51 bits per heavy atom. The molecule has 1 aliphatic carbocycles. The standard InChI is InChI=1S/C28H34N4O4S/c33-28-27(36-21-16-23-10-4-1-5-11-23)26(22-29-32(28)24-12-6-2-7-13-24)30-17-19-31(20-18-30)37(34,35)25-14-8-3-9-15-25/h2-3,6-9,12-15,22-23H,1,4-5,10-11,16-21H2. The molecule has 1 aliphatic heterocycles. The lowest BCUT2D eigenvalue weighted by Gasteiger charge is -2.35. The fourth-order valence-electron chi connectivity index (χ4n) is 5.26. The number of piperazine rings is 1. The van der Waals surface area contributed by atoms with E-state index in [1.807, 2.05) is 35.2 Å². The first kappa shape index (κ1) is 25.5. The second kappa shape index (κ2) is 11.5. The van der Waals surface area contributed by atoms with Gasteiger partial charge in [0.25, 0.3) is 0 Å². The van der Waals surface area contributed by atoms with Gasteiger partial charge in [-0.15, -0.1) is 0 Å². The Kier molecular flexibility index (Phi) is 7.90. The molecular weight excluding hydrogens is 488 g/mol. The molecule has 3 aromatic rings. The van der Waals surface area contributed by atoms with Crippen molar-refractivity contribution in [2.75, 3.05) is 37.7 Å². The van der Waals surface area contributed by atoms with E-state index in [1.54, 1.807) is 36.5 Å². The third-order valence-electron chi connectivity index (χ3n) is 7.37. The second-order valence-corrected chi connectivity index (χ2v) is 11.7. The van der Waals surface area contributed by atoms with Crippen LogP contribution in [-0.2, 0) is 10.0 Å². The van der Waals surface area contributed by atoms with E-state index >= 15 is 0 Å². The van der Waals surface area contributed by atoms with Gasteiger partial charge >= 0.3 is 5.56 Å². The van der Waals surface area contributed by atoms with E-state index in [2.05, 4.69) is 5.10 Å². The van der Waals surface area contributed by atoms with Gasteiger partial charge in [-0.3, -0.25) is 4.79 Å². The molecule has 0 N–H and O–H groups in total. The summed E-state index contributed by atoms with van der Waals surface area (Å²) in [6.07, 6.45) is 8.88. The first-order valence-corrected chi connectivity index (χ1v) is 14.6. The molecule has 2 fully saturated rings. The molecule has 0 bridgehead atoms. The molecule has 0 unspecified atom stereocenters. The molecule has 1 saturated carbocycles. The fourth-order valence-corrected chi connectivity index (χ4v) is 6.70. The Morgan fingerprint density at radius 1 is 0.865 bits per heavy atom. The molecule has 2 aromatic carbocycles. The Balaban J connectivity index is 1.36. The molecule has 37 heavy (non-hydrogen) atoms. The Morgan fingerprint density at radius 3 is 2.19 bits per heavy atom. The van der Waals surface area contributed by atoms with Crippen LogP contribution in [0.15, 0.2) is 76.6 Å². The van der Waals surface area contributed by atoms with Crippen molar-refractivity contribution in [2.45, 2.75) is 43.4 Å². The quantitative estimate of drug-likeness (QED) is 0.443. The number of hydrogen-bond donors (Lipinski definition) is 0. The van der Waals surface area contributed by atoms with Gasteiger partial charge < -0.3 is 9.64 Å². The maximum absolute atomic E-state index is 13.6. The summed E-state index contributed by atoms with van der Waals surface area (Å²) in [4.78, 5) is 15.9. The van der Waals surface area contributed by atoms with Gasteiger partial charge in [-0.1, -0.05) is 68.5 Å². The predicted octanol–water partition coefficient (Wildman–Crippen LogP) is 4.09. The Hall–Kier alpha value is -3.17. The van der Waals surface area contributed by atoms with E-state index in [4.69, 9.17) is 4.74 Å². The molecular formula is C28H34N4O4S. The maximum Gasteiger partial charge on any atom is 0.316 e. The molecule has 196 valence electrons. The number of sulfonamides is 1. The molecule has 8 nitrogen and oxygen atoms in total. The summed E-state index contributed by atoms with van der Waals surface area (Å²) in [5.74, 6) is 0.927. The summed E-state index contributed by atoms with van der Waals surface area (Å²) < 4.78 is 35.2. The summed E-state index contributed by atoms with van der Waals surface area (Å²) in [6.45, 7) is 2.01. The third kappa shape index (κ3) is 5.72. The topological polar surface area (TPSA) is 84.7 Å². The average molecular weight is 523 g/mol. The predicted molar refractivity (Wildman–Crippen MR) is 144 cm³/mol. The van der Waals surface area contributed by atoms with Crippen LogP contribution in [0.25, 0.3) is 5.69 Å². The molecule has 2 heterocycles. The summed E-state index contributed by atoms with van der Waals surface area (Å²) in [7, 11) is -3.56. The maximum atomic E-state index is 13.6. The van der Waals surface area contributed by atoms with Crippen LogP contribution < -0.4 is 15.2 Å². The second-order valence-electron chi connectivity index (χ2n) is 9.76. The van der Waals surface area contributed by atoms with Crippen LogP contribution in [0, 0.1) is 5.92 Å². The van der Waals surface area contributed by atoms with Crippen LogP contribution in [0.3, 0.4) is 0 Å². The van der Waals surface area contributed by atoms with Gasteiger partial charge in [-0.25, -0.2) is 8.42 Å². The minimum absolute atomic E-state index is 0.286. The molecule has 5 rings (SSSR count). The van der Waals surface area contributed by atoms with Crippen LogP contribution in [-0.4, -0.2) is 55.3 Å².